The van der Waals surface area contributed by atoms with Gasteiger partial charge in [0.25, 0.3) is 5.69 Å². The van der Waals surface area contributed by atoms with E-state index in [9.17, 15) is 18.9 Å². The van der Waals surface area contributed by atoms with Crippen molar-refractivity contribution in [1.82, 2.24) is 4.98 Å². The number of pyridine rings is 1. The van der Waals surface area contributed by atoms with Crippen molar-refractivity contribution in [3.8, 4) is 0 Å². The van der Waals surface area contributed by atoms with Gasteiger partial charge < -0.3 is 5.32 Å². The third-order valence-electron chi connectivity index (χ3n) is 3.02. The summed E-state index contributed by atoms with van der Waals surface area (Å²) in [7, 11) is 0. The number of benzene rings is 1. The Morgan fingerprint density at radius 1 is 1.33 bits per heavy atom. The predicted octanol–water partition coefficient (Wildman–Crippen LogP) is 3.83. The van der Waals surface area contributed by atoms with Crippen LogP contribution in [0.15, 0.2) is 36.5 Å². The number of aromatic nitrogens is 1. The van der Waals surface area contributed by atoms with Crippen LogP contribution < -0.4 is 5.32 Å². The molecule has 0 aliphatic rings. The maximum absolute atomic E-state index is 13.8. The molecule has 0 bridgehead atoms. The minimum absolute atomic E-state index is 0.134. The molecule has 1 N–H and O–H groups in total. The van der Waals surface area contributed by atoms with E-state index >= 15 is 0 Å². The lowest BCUT2D eigenvalue weighted by Gasteiger charge is -2.18. The SMILES string of the molecule is CCC(Nc1ccc([N+](=O)[O-])cn1)c1cc(F)ccc1F. The lowest BCUT2D eigenvalue weighted by molar-refractivity contribution is -0.385. The standard InChI is InChI=1S/C14H13F2N3O2/c1-2-13(11-7-9(15)3-5-12(11)16)18-14-6-4-10(8-17-14)19(20)21/h3-8,13H,2H2,1H3,(H,17,18). The molecular formula is C14H13F2N3O2. The van der Waals surface area contributed by atoms with Gasteiger partial charge in [-0.1, -0.05) is 6.92 Å². The smallest absolute Gasteiger partial charge is 0.287 e. The first-order valence-electron chi connectivity index (χ1n) is 6.33. The van der Waals surface area contributed by atoms with Crippen LogP contribution in [0.4, 0.5) is 20.3 Å². The second-order valence-electron chi connectivity index (χ2n) is 4.43. The number of hydrogen-bond acceptors (Lipinski definition) is 4. The Kier molecular flexibility index (Phi) is 4.42. The normalized spacial score (nSPS) is 12.0. The van der Waals surface area contributed by atoms with E-state index in [1.165, 1.54) is 12.1 Å². The van der Waals surface area contributed by atoms with Crippen LogP contribution in [0.1, 0.15) is 24.9 Å². The lowest BCUT2D eigenvalue weighted by Crippen LogP contribution is -2.12. The van der Waals surface area contributed by atoms with Crippen LogP contribution in [0.2, 0.25) is 0 Å². The minimum atomic E-state index is -0.555. The van der Waals surface area contributed by atoms with Crippen molar-refractivity contribution in [2.45, 2.75) is 19.4 Å². The highest BCUT2D eigenvalue weighted by molar-refractivity contribution is 5.42. The zero-order chi connectivity index (χ0) is 15.4. The Labute approximate surface area is 119 Å². The molecule has 0 fully saturated rings. The fraction of sp³-hybridized carbons (Fsp3) is 0.214. The number of nitrogens with one attached hydrogen (secondary N) is 1. The average Bonchev–Trinajstić information content (AvgIpc) is 2.48. The summed E-state index contributed by atoms with van der Waals surface area (Å²) in [5, 5.41) is 13.5. The second-order valence-corrected chi connectivity index (χ2v) is 4.43. The van der Waals surface area contributed by atoms with Gasteiger partial charge in [-0.2, -0.15) is 0 Å². The summed E-state index contributed by atoms with van der Waals surface area (Å²) in [6, 6.07) is 5.49. The van der Waals surface area contributed by atoms with E-state index in [0.717, 1.165) is 24.4 Å². The van der Waals surface area contributed by atoms with E-state index in [1.54, 1.807) is 0 Å². The number of halogens is 2. The summed E-state index contributed by atoms with van der Waals surface area (Å²) in [6.45, 7) is 1.81. The quantitative estimate of drug-likeness (QED) is 0.672. The maximum atomic E-state index is 13.8. The van der Waals surface area contributed by atoms with Crippen molar-refractivity contribution in [3.63, 3.8) is 0 Å². The molecule has 7 heteroatoms. The maximum Gasteiger partial charge on any atom is 0.287 e. The molecule has 21 heavy (non-hydrogen) atoms. The van der Waals surface area contributed by atoms with Crippen LogP contribution in [0.3, 0.4) is 0 Å². The van der Waals surface area contributed by atoms with E-state index in [0.29, 0.717) is 12.2 Å². The fourth-order valence-corrected chi connectivity index (χ4v) is 1.94. The summed E-state index contributed by atoms with van der Waals surface area (Å²) >= 11 is 0. The number of nitrogens with zero attached hydrogens (tertiary/aromatic N) is 2. The molecule has 0 amide bonds. The monoisotopic (exact) mass is 293 g/mol. The van der Waals surface area contributed by atoms with Crippen molar-refractivity contribution in [3.05, 3.63) is 63.8 Å². The van der Waals surface area contributed by atoms with Gasteiger partial charge in [-0.05, 0) is 30.7 Å². The first-order valence-corrected chi connectivity index (χ1v) is 6.33. The van der Waals surface area contributed by atoms with Gasteiger partial charge in [0, 0.05) is 11.6 Å². The Morgan fingerprint density at radius 3 is 2.67 bits per heavy atom. The van der Waals surface area contributed by atoms with Crippen molar-refractivity contribution in [2.75, 3.05) is 5.32 Å². The molecule has 2 rings (SSSR count). The fourth-order valence-electron chi connectivity index (χ4n) is 1.94. The molecule has 0 spiro atoms. The summed E-state index contributed by atoms with van der Waals surface area (Å²) in [5.41, 5.74) is 0.0585. The molecule has 1 heterocycles. The van der Waals surface area contributed by atoms with E-state index in [4.69, 9.17) is 0 Å². The molecule has 1 unspecified atom stereocenters. The number of anilines is 1. The molecule has 5 nitrogen and oxygen atoms in total. The van der Waals surface area contributed by atoms with E-state index in [1.807, 2.05) is 6.92 Å². The van der Waals surface area contributed by atoms with Crippen molar-refractivity contribution < 1.29 is 13.7 Å². The van der Waals surface area contributed by atoms with Crippen molar-refractivity contribution >= 4 is 11.5 Å². The van der Waals surface area contributed by atoms with Gasteiger partial charge in [0.2, 0.25) is 0 Å². The molecule has 1 atom stereocenters. The molecule has 110 valence electrons. The van der Waals surface area contributed by atoms with Gasteiger partial charge in [0.05, 0.1) is 11.0 Å². The molecule has 0 saturated heterocycles. The van der Waals surface area contributed by atoms with E-state index in [-0.39, 0.29) is 11.3 Å². The molecular weight excluding hydrogens is 280 g/mol. The Hall–Kier alpha value is -2.57. The third-order valence-corrected chi connectivity index (χ3v) is 3.02. The zero-order valence-electron chi connectivity index (χ0n) is 11.2. The van der Waals surface area contributed by atoms with Gasteiger partial charge in [-0.15, -0.1) is 0 Å². The van der Waals surface area contributed by atoms with Crippen LogP contribution in [-0.2, 0) is 0 Å². The lowest BCUT2D eigenvalue weighted by atomic mass is 10.0. The predicted molar refractivity (Wildman–Crippen MR) is 73.9 cm³/mol. The molecule has 1 aromatic heterocycles. The largest absolute Gasteiger partial charge is 0.363 e. The van der Waals surface area contributed by atoms with E-state index < -0.39 is 22.6 Å². The number of nitro groups is 1. The third kappa shape index (κ3) is 3.50. The summed E-state index contributed by atoms with van der Waals surface area (Å²) in [5.74, 6) is -0.683. The minimum Gasteiger partial charge on any atom is -0.363 e. The summed E-state index contributed by atoms with van der Waals surface area (Å²) < 4.78 is 27.0. The number of rotatable bonds is 5. The van der Waals surface area contributed by atoms with E-state index in [2.05, 4.69) is 10.3 Å². The van der Waals surface area contributed by atoms with Crippen molar-refractivity contribution in [1.29, 1.82) is 0 Å². The highest BCUT2D eigenvalue weighted by Crippen LogP contribution is 2.25. The number of hydrogen-bond donors (Lipinski definition) is 1. The highest BCUT2D eigenvalue weighted by atomic mass is 19.1. The van der Waals surface area contributed by atoms with Crippen LogP contribution >= 0.6 is 0 Å². The molecule has 0 aliphatic carbocycles. The molecule has 0 saturated carbocycles. The Morgan fingerprint density at radius 2 is 2.10 bits per heavy atom. The molecule has 0 aliphatic heterocycles. The van der Waals surface area contributed by atoms with Crippen LogP contribution in [0, 0.1) is 21.7 Å². The summed E-state index contributed by atoms with van der Waals surface area (Å²) in [6.07, 6.45) is 1.61. The van der Waals surface area contributed by atoms with Gasteiger partial charge in [0.1, 0.15) is 23.6 Å². The first kappa shape index (κ1) is 14.8. The average molecular weight is 293 g/mol. The molecule has 1 aromatic carbocycles. The van der Waals surface area contributed by atoms with Gasteiger partial charge in [-0.25, -0.2) is 13.8 Å². The highest BCUT2D eigenvalue weighted by Gasteiger charge is 2.16. The van der Waals surface area contributed by atoms with Crippen LogP contribution in [0.25, 0.3) is 0 Å². The Bertz CT molecular complexity index is 647. The van der Waals surface area contributed by atoms with Crippen LogP contribution in [0.5, 0.6) is 0 Å². The van der Waals surface area contributed by atoms with Crippen molar-refractivity contribution in [2.24, 2.45) is 0 Å². The summed E-state index contributed by atoms with van der Waals surface area (Å²) in [4.78, 5) is 13.9. The molecule has 0 radical (unpaired) electrons. The van der Waals surface area contributed by atoms with Crippen LogP contribution in [-0.4, -0.2) is 9.91 Å². The van der Waals surface area contributed by atoms with Gasteiger partial charge in [-0.3, -0.25) is 10.1 Å². The zero-order valence-corrected chi connectivity index (χ0v) is 11.2. The first-order chi connectivity index (χ1) is 10.0. The topological polar surface area (TPSA) is 68.1 Å². The van der Waals surface area contributed by atoms with Gasteiger partial charge >= 0.3 is 0 Å². The molecule has 2 aromatic rings. The van der Waals surface area contributed by atoms with Gasteiger partial charge in [0.15, 0.2) is 0 Å². The second kappa shape index (κ2) is 6.25. The Balaban J connectivity index is 2.22.